The molecule has 0 spiro atoms. The van der Waals surface area contributed by atoms with Crippen LogP contribution in [0.2, 0.25) is 5.02 Å². The predicted molar refractivity (Wildman–Crippen MR) is 95.4 cm³/mol. The zero-order valence-electron chi connectivity index (χ0n) is 13.4. The Morgan fingerprint density at radius 2 is 2.12 bits per heavy atom. The second-order valence-electron chi connectivity index (χ2n) is 5.88. The van der Waals surface area contributed by atoms with Gasteiger partial charge in [-0.1, -0.05) is 29.8 Å². The average molecular weight is 348 g/mol. The van der Waals surface area contributed by atoms with Gasteiger partial charge < -0.3 is 15.5 Å². The molecule has 0 saturated heterocycles. The minimum Gasteiger partial charge on any atom is -0.367 e. The van der Waals surface area contributed by atoms with Crippen LogP contribution in [0.4, 0.5) is 20.6 Å². The number of rotatable bonds is 4. The standard InChI is InChI=1S/C18H19ClFN3O/c1-12-10-13-4-2-3-5-17(13)23(12)9-8-21-18(24)22-16-7-6-14(20)11-15(16)19/h2-7,11-12H,8-10H2,1H3,(H2,21,22,24). The van der Waals surface area contributed by atoms with E-state index in [1.807, 2.05) is 12.1 Å². The van der Waals surface area contributed by atoms with E-state index in [0.717, 1.165) is 13.0 Å². The lowest BCUT2D eigenvalue weighted by atomic mass is 10.1. The molecule has 24 heavy (non-hydrogen) atoms. The summed E-state index contributed by atoms with van der Waals surface area (Å²) in [4.78, 5) is 14.2. The number of halogens is 2. The summed E-state index contributed by atoms with van der Waals surface area (Å²) in [6.07, 6.45) is 1.02. The lowest BCUT2D eigenvalue weighted by Gasteiger charge is -2.25. The van der Waals surface area contributed by atoms with Gasteiger partial charge in [0.15, 0.2) is 0 Å². The first-order chi connectivity index (χ1) is 11.5. The summed E-state index contributed by atoms with van der Waals surface area (Å²) in [5.74, 6) is -0.437. The second-order valence-corrected chi connectivity index (χ2v) is 6.29. The van der Waals surface area contributed by atoms with Gasteiger partial charge >= 0.3 is 6.03 Å². The second kappa shape index (κ2) is 7.09. The van der Waals surface area contributed by atoms with Crippen molar-refractivity contribution in [2.75, 3.05) is 23.3 Å². The van der Waals surface area contributed by atoms with E-state index < -0.39 is 5.82 Å². The van der Waals surface area contributed by atoms with Gasteiger partial charge in [0.25, 0.3) is 0 Å². The summed E-state index contributed by atoms with van der Waals surface area (Å²) < 4.78 is 13.0. The summed E-state index contributed by atoms with van der Waals surface area (Å²) in [7, 11) is 0. The minimum atomic E-state index is -0.437. The number of hydrogen-bond acceptors (Lipinski definition) is 2. The van der Waals surface area contributed by atoms with Crippen LogP contribution in [0.1, 0.15) is 12.5 Å². The van der Waals surface area contributed by atoms with Crippen LogP contribution in [0.3, 0.4) is 0 Å². The number of nitrogens with one attached hydrogen (secondary N) is 2. The number of urea groups is 1. The van der Waals surface area contributed by atoms with Crippen LogP contribution in [0.15, 0.2) is 42.5 Å². The highest BCUT2D eigenvalue weighted by atomic mass is 35.5. The van der Waals surface area contributed by atoms with Crippen molar-refractivity contribution in [3.05, 3.63) is 58.9 Å². The molecule has 2 aromatic rings. The number of amides is 2. The van der Waals surface area contributed by atoms with Crippen LogP contribution in [-0.4, -0.2) is 25.2 Å². The molecule has 0 aromatic heterocycles. The van der Waals surface area contributed by atoms with Gasteiger partial charge in [-0.15, -0.1) is 0 Å². The molecule has 126 valence electrons. The molecule has 1 aliphatic rings. The Hall–Kier alpha value is -2.27. The van der Waals surface area contributed by atoms with Gasteiger partial charge in [-0.2, -0.15) is 0 Å². The van der Waals surface area contributed by atoms with Gasteiger partial charge in [-0.3, -0.25) is 0 Å². The van der Waals surface area contributed by atoms with Gasteiger partial charge in [-0.25, -0.2) is 9.18 Å². The minimum absolute atomic E-state index is 0.173. The number of anilines is 2. The van der Waals surface area contributed by atoms with E-state index in [0.29, 0.717) is 18.3 Å². The summed E-state index contributed by atoms with van der Waals surface area (Å²) in [6, 6.07) is 12.2. The first-order valence-electron chi connectivity index (χ1n) is 7.89. The highest BCUT2D eigenvalue weighted by Crippen LogP contribution is 2.31. The summed E-state index contributed by atoms with van der Waals surface area (Å²) in [6.45, 7) is 3.41. The monoisotopic (exact) mass is 347 g/mol. The maximum Gasteiger partial charge on any atom is 0.319 e. The molecule has 6 heteroatoms. The molecule has 0 saturated carbocycles. The zero-order chi connectivity index (χ0) is 17.1. The van der Waals surface area contributed by atoms with Crippen LogP contribution >= 0.6 is 11.6 Å². The van der Waals surface area contributed by atoms with Crippen molar-refractivity contribution in [1.29, 1.82) is 0 Å². The lowest BCUT2D eigenvalue weighted by molar-refractivity contribution is 0.252. The van der Waals surface area contributed by atoms with E-state index in [-0.39, 0.29) is 11.1 Å². The largest absolute Gasteiger partial charge is 0.367 e. The molecule has 1 aliphatic heterocycles. The van der Waals surface area contributed by atoms with Crippen molar-refractivity contribution < 1.29 is 9.18 Å². The van der Waals surface area contributed by atoms with E-state index >= 15 is 0 Å². The Morgan fingerprint density at radius 1 is 1.33 bits per heavy atom. The predicted octanol–water partition coefficient (Wildman–Crippen LogP) is 4.05. The van der Waals surface area contributed by atoms with E-state index in [9.17, 15) is 9.18 Å². The molecule has 3 rings (SSSR count). The molecule has 1 unspecified atom stereocenters. The van der Waals surface area contributed by atoms with Crippen LogP contribution in [-0.2, 0) is 6.42 Å². The van der Waals surface area contributed by atoms with Crippen molar-refractivity contribution in [3.8, 4) is 0 Å². The third-order valence-corrected chi connectivity index (χ3v) is 4.48. The number of carbonyl (C=O) groups is 1. The molecular formula is C18H19ClFN3O. The number of fused-ring (bicyclic) bond motifs is 1. The lowest BCUT2D eigenvalue weighted by Crippen LogP contribution is -2.39. The fourth-order valence-corrected chi connectivity index (χ4v) is 3.23. The Bertz CT molecular complexity index is 753. The number of nitrogens with zero attached hydrogens (tertiary/aromatic N) is 1. The first kappa shape index (κ1) is 16.6. The maximum atomic E-state index is 13.0. The molecule has 1 atom stereocenters. The van der Waals surface area contributed by atoms with Gasteiger partial charge in [0, 0.05) is 24.8 Å². The average Bonchev–Trinajstić information content (AvgIpc) is 2.86. The van der Waals surface area contributed by atoms with E-state index in [4.69, 9.17) is 11.6 Å². The normalized spacial score (nSPS) is 16.0. The van der Waals surface area contributed by atoms with Gasteiger partial charge in [0.1, 0.15) is 5.82 Å². The quantitative estimate of drug-likeness (QED) is 0.876. The fraction of sp³-hybridized carbons (Fsp3) is 0.278. The van der Waals surface area contributed by atoms with Crippen molar-refractivity contribution in [1.82, 2.24) is 5.32 Å². The molecule has 0 aliphatic carbocycles. The molecule has 0 radical (unpaired) electrons. The van der Waals surface area contributed by atoms with E-state index in [2.05, 4.69) is 34.6 Å². The van der Waals surface area contributed by atoms with Crippen LogP contribution in [0, 0.1) is 5.82 Å². The van der Waals surface area contributed by atoms with Crippen LogP contribution in [0.5, 0.6) is 0 Å². The third kappa shape index (κ3) is 3.62. The zero-order valence-corrected chi connectivity index (χ0v) is 14.1. The van der Waals surface area contributed by atoms with Crippen LogP contribution < -0.4 is 15.5 Å². The summed E-state index contributed by atoms with van der Waals surface area (Å²) in [5.41, 5.74) is 2.96. The van der Waals surface area contributed by atoms with Crippen molar-refractivity contribution >= 4 is 29.0 Å². The highest BCUT2D eigenvalue weighted by Gasteiger charge is 2.24. The Balaban J connectivity index is 1.52. The molecule has 0 fully saturated rings. The molecule has 4 nitrogen and oxygen atoms in total. The number of benzene rings is 2. The smallest absolute Gasteiger partial charge is 0.319 e. The SMILES string of the molecule is CC1Cc2ccccc2N1CCNC(=O)Nc1ccc(F)cc1Cl. The molecule has 1 heterocycles. The van der Waals surface area contributed by atoms with Crippen molar-refractivity contribution in [2.45, 2.75) is 19.4 Å². The summed E-state index contributed by atoms with van der Waals surface area (Å²) >= 11 is 5.90. The maximum absolute atomic E-state index is 13.0. The molecule has 0 bridgehead atoms. The van der Waals surface area contributed by atoms with Crippen LogP contribution in [0.25, 0.3) is 0 Å². The molecule has 2 aromatic carbocycles. The Morgan fingerprint density at radius 3 is 2.92 bits per heavy atom. The molecular weight excluding hydrogens is 329 g/mol. The fourth-order valence-electron chi connectivity index (χ4n) is 3.02. The number of hydrogen-bond donors (Lipinski definition) is 2. The molecule has 2 N–H and O–H groups in total. The van der Waals surface area contributed by atoms with Crippen molar-refractivity contribution in [2.24, 2.45) is 0 Å². The van der Waals surface area contributed by atoms with E-state index in [1.54, 1.807) is 0 Å². The summed E-state index contributed by atoms with van der Waals surface area (Å²) in [5, 5.41) is 5.61. The number of para-hydroxylation sites is 1. The van der Waals surface area contributed by atoms with E-state index in [1.165, 1.54) is 29.4 Å². The third-order valence-electron chi connectivity index (χ3n) is 4.17. The van der Waals surface area contributed by atoms with Gasteiger partial charge in [0.2, 0.25) is 0 Å². The van der Waals surface area contributed by atoms with Crippen molar-refractivity contribution in [3.63, 3.8) is 0 Å². The highest BCUT2D eigenvalue weighted by molar-refractivity contribution is 6.33. The Labute approximate surface area is 145 Å². The Kier molecular flexibility index (Phi) is 4.90. The molecule has 2 amide bonds. The van der Waals surface area contributed by atoms with Gasteiger partial charge in [-0.05, 0) is 43.2 Å². The topological polar surface area (TPSA) is 44.4 Å². The number of carbonyl (C=O) groups excluding carboxylic acids is 1. The van der Waals surface area contributed by atoms with Gasteiger partial charge in [0.05, 0.1) is 10.7 Å². The first-order valence-corrected chi connectivity index (χ1v) is 8.27.